The molecule has 0 aliphatic rings. The van der Waals surface area contributed by atoms with Crippen LogP contribution < -0.4 is 11.2 Å². The van der Waals surface area contributed by atoms with Gasteiger partial charge in [-0.1, -0.05) is 26.0 Å². The van der Waals surface area contributed by atoms with E-state index in [0.29, 0.717) is 11.6 Å². The Hall–Kier alpha value is -3.14. The molecule has 0 saturated heterocycles. The number of nitriles is 1. The van der Waals surface area contributed by atoms with E-state index in [1.807, 2.05) is 30.3 Å². The topological polar surface area (TPSA) is 85.1 Å². The molecule has 2 aromatic heterocycles. The number of aromatic nitrogens is 4. The second kappa shape index (κ2) is 5.57. The molecule has 23 heavy (non-hydrogen) atoms. The molecule has 0 bridgehead atoms. The molecule has 0 aliphatic heterocycles. The van der Waals surface area contributed by atoms with E-state index < -0.39 is 11.2 Å². The first-order valence-electron chi connectivity index (χ1n) is 7.21. The van der Waals surface area contributed by atoms with Gasteiger partial charge in [-0.05, 0) is 23.6 Å². The van der Waals surface area contributed by atoms with E-state index in [0.717, 1.165) is 9.08 Å². The van der Waals surface area contributed by atoms with Crippen LogP contribution in [0.25, 0.3) is 11.3 Å². The zero-order chi connectivity index (χ0) is 16.6. The fourth-order valence-corrected chi connectivity index (χ4v) is 2.40. The number of fused-ring (bicyclic) bond motifs is 1. The average Bonchev–Trinajstić information content (AvgIpc) is 2.86. The third-order valence-electron chi connectivity index (χ3n) is 3.70. The van der Waals surface area contributed by atoms with Gasteiger partial charge in [0.2, 0.25) is 5.65 Å². The normalized spacial score (nSPS) is 11.0. The minimum Gasteiger partial charge on any atom is -0.280 e. The lowest BCUT2D eigenvalue weighted by Crippen LogP contribution is -2.24. The van der Waals surface area contributed by atoms with Gasteiger partial charge < -0.3 is 0 Å². The first-order chi connectivity index (χ1) is 11.0. The molecule has 0 N–H and O–H groups in total. The highest BCUT2D eigenvalue weighted by molar-refractivity contribution is 5.41. The molecule has 0 aliphatic carbocycles. The van der Waals surface area contributed by atoms with E-state index in [4.69, 9.17) is 5.26 Å². The number of hydrogen-bond donors (Lipinski definition) is 0. The highest BCUT2D eigenvalue weighted by Gasteiger charge is 2.12. The van der Waals surface area contributed by atoms with E-state index in [1.165, 1.54) is 22.5 Å². The largest absolute Gasteiger partial charge is 0.351 e. The van der Waals surface area contributed by atoms with E-state index in [2.05, 4.69) is 18.9 Å². The summed E-state index contributed by atoms with van der Waals surface area (Å²) in [5.41, 5.74) is 0.974. The second-order valence-electron chi connectivity index (χ2n) is 5.51. The molecule has 0 amide bonds. The Labute approximate surface area is 131 Å². The average molecular weight is 309 g/mol. The van der Waals surface area contributed by atoms with Crippen LogP contribution >= 0.6 is 0 Å². The molecule has 7 nitrogen and oxygen atoms in total. The summed E-state index contributed by atoms with van der Waals surface area (Å²) in [5.74, 6) is 0.406. The highest BCUT2D eigenvalue weighted by atomic mass is 16.2. The van der Waals surface area contributed by atoms with Crippen molar-refractivity contribution in [2.45, 2.75) is 26.3 Å². The molecule has 2 heterocycles. The van der Waals surface area contributed by atoms with Gasteiger partial charge in [0.25, 0.3) is 0 Å². The summed E-state index contributed by atoms with van der Waals surface area (Å²) in [5, 5.41) is 12.6. The van der Waals surface area contributed by atoms with Crippen molar-refractivity contribution >= 4 is 5.65 Å². The van der Waals surface area contributed by atoms with E-state index in [-0.39, 0.29) is 12.2 Å². The van der Waals surface area contributed by atoms with E-state index in [9.17, 15) is 9.59 Å². The lowest BCUT2D eigenvalue weighted by atomic mass is 10.0. The maximum Gasteiger partial charge on any atom is 0.351 e. The van der Waals surface area contributed by atoms with Gasteiger partial charge in [-0.25, -0.2) is 9.20 Å². The van der Waals surface area contributed by atoms with Crippen molar-refractivity contribution in [2.24, 2.45) is 0 Å². The Bertz CT molecular complexity index is 1020. The summed E-state index contributed by atoms with van der Waals surface area (Å²) in [6.45, 7) is 4.01. The fourth-order valence-electron chi connectivity index (χ4n) is 2.40. The molecule has 0 radical (unpaired) electrons. The standard InChI is InChI=1S/C16H15N5O2/c1-11(2)12-3-5-13(6-4-12)19-9-10-20-14(15(19)22)18-21(8-7-17)16(20)23/h3-6,9-11H,8H2,1-2H3. The van der Waals surface area contributed by atoms with Gasteiger partial charge >= 0.3 is 11.2 Å². The number of nitrogens with zero attached hydrogens (tertiary/aromatic N) is 5. The summed E-state index contributed by atoms with van der Waals surface area (Å²) in [4.78, 5) is 24.6. The van der Waals surface area contributed by atoms with Gasteiger partial charge in [0.05, 0.1) is 6.07 Å². The maximum atomic E-state index is 12.6. The zero-order valence-corrected chi connectivity index (χ0v) is 12.8. The summed E-state index contributed by atoms with van der Waals surface area (Å²) in [6, 6.07) is 9.50. The molecular formula is C16H15N5O2. The number of rotatable bonds is 3. The molecule has 3 rings (SSSR count). The van der Waals surface area contributed by atoms with Crippen molar-refractivity contribution < 1.29 is 0 Å². The van der Waals surface area contributed by atoms with Gasteiger partial charge in [-0.15, -0.1) is 5.10 Å². The lowest BCUT2D eigenvalue weighted by Gasteiger charge is -2.08. The molecule has 0 atom stereocenters. The molecule has 1 aromatic carbocycles. The van der Waals surface area contributed by atoms with Crippen LogP contribution in [0.5, 0.6) is 0 Å². The van der Waals surface area contributed by atoms with Crippen molar-refractivity contribution in [3.05, 3.63) is 63.1 Å². The van der Waals surface area contributed by atoms with Gasteiger partial charge in [-0.2, -0.15) is 9.94 Å². The quantitative estimate of drug-likeness (QED) is 0.729. The summed E-state index contributed by atoms with van der Waals surface area (Å²) >= 11 is 0. The molecule has 0 spiro atoms. The lowest BCUT2D eigenvalue weighted by molar-refractivity contribution is 0.679. The molecule has 7 heteroatoms. The smallest absolute Gasteiger partial charge is 0.280 e. The first-order valence-corrected chi connectivity index (χ1v) is 7.21. The van der Waals surface area contributed by atoms with Gasteiger partial charge in [0, 0.05) is 18.1 Å². The van der Waals surface area contributed by atoms with Crippen LogP contribution in [0, 0.1) is 11.3 Å². The minimum absolute atomic E-state index is 0.000635. The summed E-state index contributed by atoms with van der Waals surface area (Å²) in [6.07, 6.45) is 3.01. The molecule has 0 unspecified atom stereocenters. The van der Waals surface area contributed by atoms with Crippen LogP contribution in [-0.2, 0) is 6.54 Å². The molecule has 116 valence electrons. The van der Waals surface area contributed by atoms with Gasteiger partial charge in [0.15, 0.2) is 0 Å². The SMILES string of the molecule is CC(C)c1ccc(-n2ccn3c(=O)n(CC#N)nc3c2=O)cc1. The maximum absolute atomic E-state index is 12.6. The Balaban J connectivity index is 2.16. The van der Waals surface area contributed by atoms with E-state index >= 15 is 0 Å². The Morgan fingerprint density at radius 3 is 2.48 bits per heavy atom. The highest BCUT2D eigenvalue weighted by Crippen LogP contribution is 2.16. The van der Waals surface area contributed by atoms with Crippen molar-refractivity contribution in [3.8, 4) is 11.8 Å². The summed E-state index contributed by atoms with van der Waals surface area (Å²) in [7, 11) is 0. The van der Waals surface area contributed by atoms with Crippen LogP contribution in [0.1, 0.15) is 25.3 Å². The van der Waals surface area contributed by atoms with Crippen LogP contribution in [0.3, 0.4) is 0 Å². The number of benzene rings is 1. The second-order valence-corrected chi connectivity index (χ2v) is 5.51. The molecule has 0 saturated carbocycles. The summed E-state index contributed by atoms with van der Waals surface area (Å²) < 4.78 is 3.56. The predicted octanol–water partition coefficient (Wildman–Crippen LogP) is 1.29. The predicted molar refractivity (Wildman–Crippen MR) is 84.8 cm³/mol. The monoisotopic (exact) mass is 309 g/mol. The Morgan fingerprint density at radius 2 is 1.87 bits per heavy atom. The minimum atomic E-state index is -0.499. The van der Waals surface area contributed by atoms with Gasteiger partial charge in [0.1, 0.15) is 6.54 Å². The van der Waals surface area contributed by atoms with Crippen molar-refractivity contribution in [1.29, 1.82) is 5.26 Å². The van der Waals surface area contributed by atoms with Crippen molar-refractivity contribution in [1.82, 2.24) is 18.7 Å². The van der Waals surface area contributed by atoms with E-state index in [1.54, 1.807) is 0 Å². The van der Waals surface area contributed by atoms with Crippen molar-refractivity contribution in [3.63, 3.8) is 0 Å². The van der Waals surface area contributed by atoms with Crippen LogP contribution in [0.15, 0.2) is 46.2 Å². The van der Waals surface area contributed by atoms with Crippen LogP contribution in [-0.4, -0.2) is 18.7 Å². The van der Waals surface area contributed by atoms with Crippen LogP contribution in [0.4, 0.5) is 0 Å². The van der Waals surface area contributed by atoms with Crippen molar-refractivity contribution in [2.75, 3.05) is 0 Å². The molecule has 3 aromatic rings. The number of hydrogen-bond acceptors (Lipinski definition) is 4. The van der Waals surface area contributed by atoms with Crippen LogP contribution in [0.2, 0.25) is 0 Å². The first kappa shape index (κ1) is 14.8. The molecular weight excluding hydrogens is 294 g/mol. The van der Waals surface area contributed by atoms with Gasteiger partial charge in [-0.3, -0.25) is 9.36 Å². The Kier molecular flexibility index (Phi) is 3.58. The zero-order valence-electron chi connectivity index (χ0n) is 12.8. The third kappa shape index (κ3) is 2.44. The third-order valence-corrected chi connectivity index (χ3v) is 3.70. The fraction of sp³-hybridized carbons (Fsp3) is 0.250. The Morgan fingerprint density at radius 1 is 1.17 bits per heavy atom. The molecule has 0 fully saturated rings.